The number of methoxy groups -OCH3 is 1. The molecule has 0 aliphatic rings. The number of hydrogen-bond acceptors (Lipinski definition) is 3. The summed E-state index contributed by atoms with van der Waals surface area (Å²) in [7, 11) is 6.69. The van der Waals surface area contributed by atoms with Crippen molar-refractivity contribution in [2.75, 3.05) is 28.3 Å². The molecule has 0 unspecified atom stereocenters. The summed E-state index contributed by atoms with van der Waals surface area (Å²) >= 11 is 0. The number of carbonyl (C=O) groups excluding carboxylic acids is 1. The molecular weight excluding hydrogens is 486 g/mol. The van der Waals surface area contributed by atoms with Crippen LogP contribution < -0.4 is 10.6 Å². The van der Waals surface area contributed by atoms with Crippen LogP contribution in [0.2, 0.25) is 0 Å². The van der Waals surface area contributed by atoms with Gasteiger partial charge in [0.15, 0.2) is 5.96 Å². The number of nitrogens with one attached hydrogen (secondary N) is 2. The normalized spacial score (nSPS) is 10.9. The molecule has 2 rings (SSSR count). The molecule has 0 heterocycles. The maximum absolute atomic E-state index is 13.7. The van der Waals surface area contributed by atoms with Crippen molar-refractivity contribution in [3.63, 3.8) is 0 Å². The minimum atomic E-state index is -0.274. The molecule has 0 fully saturated rings. The average Bonchev–Trinajstić information content (AvgIpc) is 2.70. The maximum atomic E-state index is 13.7. The summed E-state index contributed by atoms with van der Waals surface area (Å²) in [5.41, 5.74) is 3.14. The third-order valence-electron chi connectivity index (χ3n) is 4.16. The van der Waals surface area contributed by atoms with Crippen molar-refractivity contribution in [1.29, 1.82) is 0 Å². The molecule has 2 N–H and O–H groups in total. The number of benzene rings is 2. The van der Waals surface area contributed by atoms with Crippen LogP contribution in [0, 0.1) is 5.82 Å². The molecule has 0 aliphatic heterocycles. The Morgan fingerprint density at radius 1 is 1.07 bits per heavy atom. The van der Waals surface area contributed by atoms with Gasteiger partial charge in [0.25, 0.3) is 5.91 Å². The lowest BCUT2D eigenvalue weighted by molar-refractivity contribution is 0.0827. The molecule has 6 nitrogen and oxygen atoms in total. The first-order valence-corrected chi connectivity index (χ1v) is 8.96. The van der Waals surface area contributed by atoms with E-state index in [0.29, 0.717) is 30.2 Å². The summed E-state index contributed by atoms with van der Waals surface area (Å²) < 4.78 is 18.7. The highest BCUT2D eigenvalue weighted by molar-refractivity contribution is 14.0. The van der Waals surface area contributed by atoms with E-state index in [1.807, 2.05) is 24.3 Å². The molecule has 2 aromatic rings. The number of hydrogen-bond donors (Lipinski definition) is 2. The predicted octanol–water partition coefficient (Wildman–Crippen LogP) is 3.16. The predicted molar refractivity (Wildman–Crippen MR) is 124 cm³/mol. The minimum absolute atomic E-state index is 0. The van der Waals surface area contributed by atoms with Gasteiger partial charge in [0, 0.05) is 52.5 Å². The molecule has 0 spiro atoms. The van der Waals surface area contributed by atoms with E-state index in [2.05, 4.69) is 15.6 Å². The third kappa shape index (κ3) is 7.62. The van der Waals surface area contributed by atoms with Gasteiger partial charge in [-0.05, 0) is 35.4 Å². The summed E-state index contributed by atoms with van der Waals surface area (Å²) in [6.07, 6.45) is 0. The summed E-state index contributed by atoms with van der Waals surface area (Å²) in [4.78, 5) is 17.7. The van der Waals surface area contributed by atoms with Crippen LogP contribution in [-0.2, 0) is 24.4 Å². The topological polar surface area (TPSA) is 66.0 Å². The van der Waals surface area contributed by atoms with Crippen LogP contribution in [0.4, 0.5) is 4.39 Å². The van der Waals surface area contributed by atoms with Crippen molar-refractivity contribution in [3.8, 4) is 0 Å². The fraction of sp³-hybridized carbons (Fsp3) is 0.333. The van der Waals surface area contributed by atoms with Crippen molar-refractivity contribution in [2.24, 2.45) is 4.99 Å². The number of halogens is 2. The maximum Gasteiger partial charge on any atom is 0.253 e. The van der Waals surface area contributed by atoms with Gasteiger partial charge >= 0.3 is 0 Å². The Balaban J connectivity index is 0.00000420. The standard InChI is InChI=1S/C21H27FN4O2.HI/c1-23-21(25-13-16-7-10-19(22)18(11-16)14-28-4)24-12-15-5-8-17(9-6-15)20(27)26(2)3;/h5-11H,12-14H2,1-4H3,(H2,23,24,25);1H. The number of carbonyl (C=O) groups is 1. The van der Waals surface area contributed by atoms with Gasteiger partial charge in [0.05, 0.1) is 6.61 Å². The fourth-order valence-corrected chi connectivity index (χ4v) is 2.62. The number of amides is 1. The second kappa shape index (κ2) is 12.4. The molecule has 29 heavy (non-hydrogen) atoms. The summed E-state index contributed by atoms with van der Waals surface area (Å²) in [5.74, 6) is 0.333. The minimum Gasteiger partial charge on any atom is -0.380 e. The quantitative estimate of drug-likeness (QED) is 0.339. The highest BCUT2D eigenvalue weighted by atomic mass is 127. The van der Waals surface area contributed by atoms with Gasteiger partial charge in [-0.2, -0.15) is 0 Å². The van der Waals surface area contributed by atoms with Crippen molar-refractivity contribution in [2.45, 2.75) is 19.7 Å². The molecule has 0 atom stereocenters. The van der Waals surface area contributed by atoms with E-state index >= 15 is 0 Å². The lowest BCUT2D eigenvalue weighted by atomic mass is 10.1. The van der Waals surface area contributed by atoms with Crippen LogP contribution in [0.1, 0.15) is 27.0 Å². The van der Waals surface area contributed by atoms with Crippen molar-refractivity contribution in [3.05, 3.63) is 70.5 Å². The highest BCUT2D eigenvalue weighted by Crippen LogP contribution is 2.11. The number of nitrogens with zero attached hydrogens (tertiary/aromatic N) is 2. The largest absolute Gasteiger partial charge is 0.380 e. The smallest absolute Gasteiger partial charge is 0.253 e. The molecule has 158 valence electrons. The lowest BCUT2D eigenvalue weighted by Crippen LogP contribution is -2.36. The Hall–Kier alpha value is -2.20. The Bertz CT molecular complexity index is 826. The highest BCUT2D eigenvalue weighted by Gasteiger charge is 2.08. The van der Waals surface area contributed by atoms with E-state index in [-0.39, 0.29) is 42.3 Å². The molecule has 0 aliphatic carbocycles. The third-order valence-corrected chi connectivity index (χ3v) is 4.16. The van der Waals surface area contributed by atoms with Crippen molar-refractivity contribution < 1.29 is 13.9 Å². The van der Waals surface area contributed by atoms with Gasteiger partial charge in [0.1, 0.15) is 5.82 Å². The molecule has 0 saturated heterocycles. The Labute approximate surface area is 188 Å². The number of guanidine groups is 1. The second-order valence-electron chi connectivity index (χ2n) is 6.53. The van der Waals surface area contributed by atoms with E-state index < -0.39 is 0 Å². The van der Waals surface area contributed by atoms with E-state index in [0.717, 1.165) is 11.1 Å². The lowest BCUT2D eigenvalue weighted by Gasteiger charge is -2.14. The number of ether oxygens (including phenoxy) is 1. The van der Waals surface area contributed by atoms with Crippen molar-refractivity contribution >= 4 is 35.8 Å². The van der Waals surface area contributed by atoms with Crippen LogP contribution in [0.25, 0.3) is 0 Å². The Kier molecular flexibility index (Phi) is 10.6. The summed E-state index contributed by atoms with van der Waals surface area (Å²) in [6.45, 7) is 1.31. The van der Waals surface area contributed by atoms with Gasteiger partial charge < -0.3 is 20.3 Å². The van der Waals surface area contributed by atoms with Crippen LogP contribution in [-0.4, -0.2) is 45.0 Å². The van der Waals surface area contributed by atoms with E-state index in [1.165, 1.54) is 6.07 Å². The van der Waals surface area contributed by atoms with Gasteiger partial charge in [-0.1, -0.05) is 18.2 Å². The molecule has 2 aromatic carbocycles. The summed E-state index contributed by atoms with van der Waals surface area (Å²) in [6, 6.07) is 12.4. The summed E-state index contributed by atoms with van der Waals surface area (Å²) in [5, 5.41) is 6.43. The Morgan fingerprint density at radius 3 is 2.21 bits per heavy atom. The molecule has 0 saturated carbocycles. The van der Waals surface area contributed by atoms with Gasteiger partial charge in [-0.3, -0.25) is 9.79 Å². The average molecular weight is 514 g/mol. The van der Waals surface area contributed by atoms with Crippen LogP contribution in [0.5, 0.6) is 0 Å². The van der Waals surface area contributed by atoms with E-state index in [4.69, 9.17) is 4.74 Å². The number of aliphatic imine (C=N–C) groups is 1. The Morgan fingerprint density at radius 2 is 1.66 bits per heavy atom. The molecule has 8 heteroatoms. The first-order valence-electron chi connectivity index (χ1n) is 8.96. The second-order valence-corrected chi connectivity index (χ2v) is 6.53. The monoisotopic (exact) mass is 514 g/mol. The van der Waals surface area contributed by atoms with Crippen LogP contribution in [0.3, 0.4) is 0 Å². The van der Waals surface area contributed by atoms with Crippen LogP contribution in [0.15, 0.2) is 47.5 Å². The first-order chi connectivity index (χ1) is 13.4. The first kappa shape index (κ1) is 24.8. The molecule has 0 radical (unpaired) electrons. The van der Waals surface area contributed by atoms with Crippen molar-refractivity contribution in [1.82, 2.24) is 15.5 Å². The fourth-order valence-electron chi connectivity index (χ4n) is 2.62. The van der Waals surface area contributed by atoms with E-state index in [9.17, 15) is 9.18 Å². The van der Waals surface area contributed by atoms with E-state index in [1.54, 1.807) is 45.3 Å². The molecule has 1 amide bonds. The molecule has 0 aromatic heterocycles. The van der Waals surface area contributed by atoms with Gasteiger partial charge in [-0.15, -0.1) is 24.0 Å². The zero-order valence-corrected chi connectivity index (χ0v) is 19.5. The molecular formula is C21H28FIN4O2. The zero-order valence-electron chi connectivity index (χ0n) is 17.2. The van der Waals surface area contributed by atoms with Gasteiger partial charge in [-0.25, -0.2) is 4.39 Å². The van der Waals surface area contributed by atoms with Crippen LogP contribution >= 0.6 is 24.0 Å². The zero-order chi connectivity index (χ0) is 20.5. The SMILES string of the molecule is CN=C(NCc1ccc(C(=O)N(C)C)cc1)NCc1ccc(F)c(COC)c1.I. The molecule has 0 bridgehead atoms. The number of rotatable bonds is 7. The van der Waals surface area contributed by atoms with Gasteiger partial charge in [0.2, 0.25) is 0 Å².